The first-order chi connectivity index (χ1) is 7.49. The molecule has 1 aromatic heterocycles. The van der Waals surface area contributed by atoms with Crippen molar-refractivity contribution < 1.29 is 13.2 Å². The Balaban J connectivity index is 2.78. The number of nitrogens with two attached hydrogens (primary N) is 1. The van der Waals surface area contributed by atoms with Crippen molar-refractivity contribution in [1.29, 1.82) is 0 Å². The largest absolute Gasteiger partial charge is 0.434 e. The van der Waals surface area contributed by atoms with Gasteiger partial charge >= 0.3 is 6.18 Å². The number of alkyl halides is 3. The molecule has 0 radical (unpaired) electrons. The Morgan fingerprint density at radius 1 is 1.44 bits per heavy atom. The molecule has 0 aliphatic rings. The topological polar surface area (TPSA) is 38.9 Å². The number of nitrogens with zero attached hydrogens (tertiary/aromatic N) is 1. The fourth-order valence-electron chi connectivity index (χ4n) is 1.13. The summed E-state index contributed by atoms with van der Waals surface area (Å²) >= 11 is 2.65. The Hall–Kier alpha value is -0.270. The van der Waals surface area contributed by atoms with E-state index in [0.29, 0.717) is 10.8 Å². The summed E-state index contributed by atoms with van der Waals surface area (Å²) in [7, 11) is 0. The molecule has 0 aliphatic carbocycles. The van der Waals surface area contributed by atoms with E-state index in [9.17, 15) is 13.2 Å². The van der Waals surface area contributed by atoms with Crippen molar-refractivity contribution >= 4 is 23.1 Å². The molecule has 0 unspecified atom stereocenters. The summed E-state index contributed by atoms with van der Waals surface area (Å²) in [6.45, 7) is 1.92. The molecule has 7 heteroatoms. The Morgan fingerprint density at radius 2 is 2.12 bits per heavy atom. The molecule has 0 aliphatic heterocycles. The Morgan fingerprint density at radius 3 is 2.56 bits per heavy atom. The molecular formula is C9H13F3N2S2. The molecule has 0 aromatic carbocycles. The second-order valence-electron chi connectivity index (χ2n) is 3.13. The van der Waals surface area contributed by atoms with Gasteiger partial charge in [0.05, 0.1) is 4.88 Å². The van der Waals surface area contributed by atoms with E-state index in [1.54, 1.807) is 11.8 Å². The van der Waals surface area contributed by atoms with Crippen LogP contribution in [0.4, 0.5) is 13.2 Å². The van der Waals surface area contributed by atoms with Crippen LogP contribution in [0.25, 0.3) is 0 Å². The summed E-state index contributed by atoms with van der Waals surface area (Å²) in [4.78, 5) is 3.74. The van der Waals surface area contributed by atoms with Gasteiger partial charge in [0.15, 0.2) is 5.69 Å². The van der Waals surface area contributed by atoms with Crippen molar-refractivity contribution in [3.05, 3.63) is 15.6 Å². The summed E-state index contributed by atoms with van der Waals surface area (Å²) in [5.41, 5.74) is 4.47. The second-order valence-corrected chi connectivity index (χ2v) is 5.41. The lowest BCUT2D eigenvalue weighted by Crippen LogP contribution is -2.10. The van der Waals surface area contributed by atoms with E-state index in [4.69, 9.17) is 5.73 Å². The van der Waals surface area contributed by atoms with Crippen molar-refractivity contribution in [2.24, 2.45) is 5.73 Å². The van der Waals surface area contributed by atoms with Crippen LogP contribution in [0.3, 0.4) is 0 Å². The highest BCUT2D eigenvalue weighted by atomic mass is 32.2. The van der Waals surface area contributed by atoms with Crippen molar-refractivity contribution in [2.75, 3.05) is 5.75 Å². The van der Waals surface area contributed by atoms with Crippen LogP contribution in [0.15, 0.2) is 0 Å². The molecule has 2 N–H and O–H groups in total. The monoisotopic (exact) mass is 270 g/mol. The van der Waals surface area contributed by atoms with E-state index in [2.05, 4.69) is 4.98 Å². The molecule has 0 spiro atoms. The Kier molecular flexibility index (Phi) is 5.07. The average molecular weight is 270 g/mol. The van der Waals surface area contributed by atoms with Crippen LogP contribution >= 0.6 is 23.1 Å². The molecule has 1 heterocycles. The van der Waals surface area contributed by atoms with Crippen LogP contribution in [0.2, 0.25) is 0 Å². The quantitative estimate of drug-likeness (QED) is 0.835. The Labute approximate surface area is 100 Å². The van der Waals surface area contributed by atoms with Crippen LogP contribution < -0.4 is 5.73 Å². The predicted octanol–water partition coefficient (Wildman–Crippen LogP) is 3.26. The summed E-state index contributed by atoms with van der Waals surface area (Å²) in [5, 5.41) is 0.506. The first-order valence-electron chi connectivity index (χ1n) is 4.82. The minimum absolute atomic E-state index is 0.106. The lowest BCUT2D eigenvalue weighted by molar-refractivity contribution is -0.141. The fourth-order valence-corrected chi connectivity index (χ4v) is 3.05. The molecule has 1 rings (SSSR count). The molecule has 92 valence electrons. The predicted molar refractivity (Wildman–Crippen MR) is 61.5 cm³/mol. The standard InChI is InChI=1S/C9H13F3N2S2/c1-2-3-15-5-7-14-8(9(10,11)12)6(4-13)16-7/h2-5,13H2,1H3. The van der Waals surface area contributed by atoms with Crippen LogP contribution in [0.1, 0.15) is 28.9 Å². The van der Waals surface area contributed by atoms with Gasteiger partial charge in [-0.05, 0) is 12.2 Å². The first kappa shape index (κ1) is 13.8. The molecule has 0 amide bonds. The van der Waals surface area contributed by atoms with Crippen molar-refractivity contribution in [3.8, 4) is 0 Å². The SMILES string of the molecule is CCCSCc1nc(C(F)(F)F)c(CN)s1. The summed E-state index contributed by atoms with van der Waals surface area (Å²) in [6.07, 6.45) is -3.38. The van der Waals surface area contributed by atoms with Gasteiger partial charge in [0.25, 0.3) is 0 Å². The second kappa shape index (κ2) is 5.88. The van der Waals surface area contributed by atoms with Crippen molar-refractivity contribution in [3.63, 3.8) is 0 Å². The number of aromatic nitrogens is 1. The van der Waals surface area contributed by atoms with Gasteiger partial charge in [-0.15, -0.1) is 11.3 Å². The minimum atomic E-state index is -4.39. The van der Waals surface area contributed by atoms with Gasteiger partial charge in [0, 0.05) is 12.3 Å². The number of thiazole rings is 1. The highest BCUT2D eigenvalue weighted by molar-refractivity contribution is 7.98. The van der Waals surface area contributed by atoms with Crippen LogP contribution in [-0.2, 0) is 18.5 Å². The van der Waals surface area contributed by atoms with E-state index < -0.39 is 11.9 Å². The number of halogens is 3. The van der Waals surface area contributed by atoms with Gasteiger partial charge in [-0.2, -0.15) is 24.9 Å². The summed E-state index contributed by atoms with van der Waals surface area (Å²) in [6, 6.07) is 0. The number of hydrogen-bond donors (Lipinski definition) is 1. The molecule has 0 bridgehead atoms. The highest BCUT2D eigenvalue weighted by Crippen LogP contribution is 2.35. The summed E-state index contributed by atoms with van der Waals surface area (Å²) < 4.78 is 37.6. The van der Waals surface area contributed by atoms with Gasteiger partial charge < -0.3 is 5.73 Å². The number of thioether (sulfide) groups is 1. The molecule has 16 heavy (non-hydrogen) atoms. The normalized spacial score (nSPS) is 12.1. The van der Waals surface area contributed by atoms with E-state index in [-0.39, 0.29) is 11.4 Å². The lowest BCUT2D eigenvalue weighted by Gasteiger charge is -2.03. The minimum Gasteiger partial charge on any atom is -0.326 e. The lowest BCUT2D eigenvalue weighted by atomic mass is 10.3. The summed E-state index contributed by atoms with van der Waals surface area (Å²) in [5.74, 6) is 1.46. The Bertz CT molecular complexity index is 336. The molecular weight excluding hydrogens is 257 g/mol. The zero-order valence-electron chi connectivity index (χ0n) is 8.80. The highest BCUT2D eigenvalue weighted by Gasteiger charge is 2.36. The van der Waals surface area contributed by atoms with Gasteiger partial charge in [-0.1, -0.05) is 6.92 Å². The molecule has 0 atom stereocenters. The molecule has 0 saturated heterocycles. The van der Waals surface area contributed by atoms with E-state index >= 15 is 0 Å². The van der Waals surface area contributed by atoms with Crippen LogP contribution in [-0.4, -0.2) is 10.7 Å². The van der Waals surface area contributed by atoms with E-state index in [0.717, 1.165) is 23.5 Å². The first-order valence-corrected chi connectivity index (χ1v) is 6.79. The maximum absolute atomic E-state index is 12.5. The van der Waals surface area contributed by atoms with Gasteiger partial charge in [0.1, 0.15) is 5.01 Å². The molecule has 0 saturated carbocycles. The third kappa shape index (κ3) is 3.64. The zero-order chi connectivity index (χ0) is 12.2. The molecule has 1 aromatic rings. The molecule has 0 fully saturated rings. The molecule has 2 nitrogen and oxygen atoms in total. The third-order valence-corrected chi connectivity index (χ3v) is 4.20. The fraction of sp³-hybridized carbons (Fsp3) is 0.667. The van der Waals surface area contributed by atoms with Gasteiger partial charge in [0.2, 0.25) is 0 Å². The third-order valence-electron chi connectivity index (χ3n) is 1.77. The maximum Gasteiger partial charge on any atom is 0.434 e. The van der Waals surface area contributed by atoms with E-state index in [1.165, 1.54) is 0 Å². The van der Waals surface area contributed by atoms with Gasteiger partial charge in [-0.3, -0.25) is 0 Å². The van der Waals surface area contributed by atoms with Crippen molar-refractivity contribution in [2.45, 2.75) is 31.8 Å². The zero-order valence-corrected chi connectivity index (χ0v) is 10.4. The van der Waals surface area contributed by atoms with E-state index in [1.807, 2.05) is 6.92 Å². The van der Waals surface area contributed by atoms with Crippen LogP contribution in [0, 0.1) is 0 Å². The maximum atomic E-state index is 12.5. The smallest absolute Gasteiger partial charge is 0.326 e. The number of hydrogen-bond acceptors (Lipinski definition) is 4. The van der Waals surface area contributed by atoms with Crippen molar-refractivity contribution in [1.82, 2.24) is 4.98 Å². The van der Waals surface area contributed by atoms with Crippen LogP contribution in [0.5, 0.6) is 0 Å². The average Bonchev–Trinajstić information content (AvgIpc) is 2.61. The number of rotatable bonds is 5. The van der Waals surface area contributed by atoms with Gasteiger partial charge in [-0.25, -0.2) is 4.98 Å².